The highest BCUT2D eigenvalue weighted by atomic mass is 16.1. The number of benzene rings is 1. The summed E-state index contributed by atoms with van der Waals surface area (Å²) in [5.74, 6) is 0.187. The van der Waals surface area contributed by atoms with Gasteiger partial charge in [-0.2, -0.15) is 10.4 Å². The zero-order valence-electron chi connectivity index (χ0n) is 16.3. The standard InChI is InChI=1S/C22H23N5O/c1-12(2)22-19(11-26-27(22)3)14-4-13-5-16(25-10-18(13)20(24)7-14)8-21(28)17-6-15(17)9-23/h4-5,7,10-12,15,17H,6,8,24H2,1-3H3/t15-,17+/m0/s1. The van der Waals surface area contributed by atoms with Crippen molar-refractivity contribution in [2.75, 3.05) is 5.73 Å². The number of hydrogen-bond acceptors (Lipinski definition) is 5. The van der Waals surface area contributed by atoms with Gasteiger partial charge in [-0.05, 0) is 41.5 Å². The molecule has 1 aromatic carbocycles. The van der Waals surface area contributed by atoms with Gasteiger partial charge in [0.1, 0.15) is 5.78 Å². The first-order chi connectivity index (χ1) is 13.4. The fourth-order valence-corrected chi connectivity index (χ4v) is 3.94. The van der Waals surface area contributed by atoms with Gasteiger partial charge in [-0.15, -0.1) is 0 Å². The summed E-state index contributed by atoms with van der Waals surface area (Å²) in [5, 5.41) is 15.2. The van der Waals surface area contributed by atoms with Crippen LogP contribution < -0.4 is 5.73 Å². The first kappa shape index (κ1) is 18.2. The molecule has 0 spiro atoms. The number of nitrogen functional groups attached to an aromatic ring is 1. The van der Waals surface area contributed by atoms with Gasteiger partial charge < -0.3 is 5.73 Å². The number of nitrogens with two attached hydrogens (primary N) is 1. The lowest BCUT2D eigenvalue weighted by Crippen LogP contribution is -2.07. The molecule has 2 heterocycles. The number of nitrogens with zero attached hydrogens (tertiary/aromatic N) is 4. The quantitative estimate of drug-likeness (QED) is 0.689. The van der Waals surface area contributed by atoms with Crippen LogP contribution in [0.1, 0.15) is 37.6 Å². The maximum atomic E-state index is 12.3. The van der Waals surface area contributed by atoms with Crippen LogP contribution in [0.25, 0.3) is 21.9 Å². The Labute approximate surface area is 164 Å². The lowest BCUT2D eigenvalue weighted by Gasteiger charge is -2.12. The van der Waals surface area contributed by atoms with Crippen LogP contribution in [-0.2, 0) is 18.3 Å². The molecule has 2 atom stereocenters. The van der Waals surface area contributed by atoms with Gasteiger partial charge in [-0.25, -0.2) is 0 Å². The Hall–Kier alpha value is -3.20. The van der Waals surface area contributed by atoms with E-state index in [1.165, 1.54) is 0 Å². The molecule has 0 amide bonds. The maximum absolute atomic E-state index is 12.3. The number of aromatic nitrogens is 3. The highest BCUT2D eigenvalue weighted by Crippen LogP contribution is 2.39. The van der Waals surface area contributed by atoms with E-state index in [0.717, 1.165) is 27.6 Å². The van der Waals surface area contributed by atoms with Gasteiger partial charge in [-0.1, -0.05) is 13.8 Å². The topological polar surface area (TPSA) is 97.6 Å². The lowest BCUT2D eigenvalue weighted by atomic mass is 9.96. The third kappa shape index (κ3) is 3.13. The van der Waals surface area contributed by atoms with E-state index in [9.17, 15) is 4.79 Å². The monoisotopic (exact) mass is 373 g/mol. The molecule has 1 saturated carbocycles. The molecule has 6 heteroatoms. The van der Waals surface area contributed by atoms with Crippen LogP contribution in [0.4, 0.5) is 5.69 Å². The van der Waals surface area contributed by atoms with Gasteiger partial charge >= 0.3 is 0 Å². The van der Waals surface area contributed by atoms with Crippen molar-refractivity contribution in [2.45, 2.75) is 32.6 Å². The Kier molecular flexibility index (Phi) is 4.38. The predicted octanol–water partition coefficient (Wildman–Crippen LogP) is 3.61. The normalized spacial score (nSPS) is 18.4. The zero-order chi connectivity index (χ0) is 20.0. The molecule has 2 N–H and O–H groups in total. The van der Waals surface area contributed by atoms with E-state index in [1.807, 2.05) is 30.1 Å². The molecule has 4 rings (SSSR count). The number of hydrogen-bond donors (Lipinski definition) is 1. The molecule has 0 aliphatic heterocycles. The summed E-state index contributed by atoms with van der Waals surface area (Å²) in [7, 11) is 1.95. The van der Waals surface area contributed by atoms with Crippen molar-refractivity contribution in [3.05, 3.63) is 42.0 Å². The maximum Gasteiger partial charge on any atom is 0.143 e. The van der Waals surface area contributed by atoms with Gasteiger partial charge in [0, 0.05) is 53.6 Å². The number of aryl methyl sites for hydroxylation is 1. The number of ketones is 1. The van der Waals surface area contributed by atoms with Crippen LogP contribution >= 0.6 is 0 Å². The molecular formula is C22H23N5O. The average molecular weight is 373 g/mol. The van der Waals surface area contributed by atoms with Crippen LogP contribution in [0.3, 0.4) is 0 Å². The van der Waals surface area contributed by atoms with E-state index >= 15 is 0 Å². The Morgan fingerprint density at radius 1 is 1.36 bits per heavy atom. The summed E-state index contributed by atoms with van der Waals surface area (Å²) in [5.41, 5.74) is 10.9. The summed E-state index contributed by atoms with van der Waals surface area (Å²) >= 11 is 0. The predicted molar refractivity (Wildman–Crippen MR) is 108 cm³/mol. The molecule has 3 aromatic rings. The summed E-state index contributed by atoms with van der Waals surface area (Å²) in [6.45, 7) is 4.29. The first-order valence-corrected chi connectivity index (χ1v) is 9.51. The van der Waals surface area contributed by atoms with E-state index in [-0.39, 0.29) is 24.0 Å². The third-order valence-electron chi connectivity index (χ3n) is 5.49. The minimum Gasteiger partial charge on any atom is -0.398 e. The minimum absolute atomic E-state index is 0.0943. The SMILES string of the molecule is CC(C)c1c(-c2cc(N)c3cnc(CC(=O)[C@@H]4C[C@H]4C#N)cc3c2)cnn1C. The number of carbonyl (C=O) groups excluding carboxylic acids is 1. The van der Waals surface area contributed by atoms with E-state index < -0.39 is 0 Å². The number of anilines is 1. The molecule has 28 heavy (non-hydrogen) atoms. The number of fused-ring (bicyclic) bond motifs is 1. The molecule has 0 radical (unpaired) electrons. The lowest BCUT2D eigenvalue weighted by molar-refractivity contribution is -0.119. The molecule has 1 aliphatic rings. The Balaban J connectivity index is 1.71. The van der Waals surface area contributed by atoms with Crippen molar-refractivity contribution in [1.29, 1.82) is 5.26 Å². The molecular weight excluding hydrogens is 350 g/mol. The number of Topliss-reactive ketones (excluding diaryl/α,β-unsaturated/α-hetero) is 1. The van der Waals surface area contributed by atoms with E-state index in [2.05, 4.69) is 36.1 Å². The highest BCUT2D eigenvalue weighted by molar-refractivity contribution is 5.97. The minimum atomic E-state index is -0.122. The number of pyridine rings is 1. The van der Waals surface area contributed by atoms with Gasteiger partial charge in [-0.3, -0.25) is 14.5 Å². The van der Waals surface area contributed by atoms with Gasteiger partial charge in [0.2, 0.25) is 0 Å². The largest absolute Gasteiger partial charge is 0.398 e. The van der Waals surface area contributed by atoms with Crippen molar-refractivity contribution in [2.24, 2.45) is 18.9 Å². The Morgan fingerprint density at radius 2 is 2.14 bits per heavy atom. The Bertz CT molecular complexity index is 1120. The summed E-state index contributed by atoms with van der Waals surface area (Å²) in [4.78, 5) is 16.8. The smallest absolute Gasteiger partial charge is 0.143 e. The molecule has 0 unspecified atom stereocenters. The number of nitriles is 1. The Morgan fingerprint density at radius 3 is 2.82 bits per heavy atom. The van der Waals surface area contributed by atoms with Gasteiger partial charge in [0.05, 0.1) is 18.2 Å². The van der Waals surface area contributed by atoms with Crippen LogP contribution in [0, 0.1) is 23.2 Å². The van der Waals surface area contributed by atoms with Crippen LogP contribution in [-0.4, -0.2) is 20.5 Å². The van der Waals surface area contributed by atoms with Crippen molar-refractivity contribution in [3.8, 4) is 17.2 Å². The van der Waals surface area contributed by atoms with E-state index in [4.69, 9.17) is 11.0 Å². The van der Waals surface area contributed by atoms with Crippen LogP contribution in [0.5, 0.6) is 0 Å². The van der Waals surface area contributed by atoms with Gasteiger partial charge in [0.25, 0.3) is 0 Å². The number of carbonyl (C=O) groups is 1. The zero-order valence-corrected chi connectivity index (χ0v) is 16.3. The summed E-state index contributed by atoms with van der Waals surface area (Å²) in [6.07, 6.45) is 4.54. The number of rotatable bonds is 5. The molecule has 1 aliphatic carbocycles. The molecule has 1 fully saturated rings. The second-order valence-corrected chi connectivity index (χ2v) is 7.90. The van der Waals surface area contributed by atoms with Crippen LogP contribution in [0.2, 0.25) is 0 Å². The van der Waals surface area contributed by atoms with Crippen LogP contribution in [0.15, 0.2) is 30.6 Å². The first-order valence-electron chi connectivity index (χ1n) is 9.51. The van der Waals surface area contributed by atoms with E-state index in [1.54, 1.807) is 6.20 Å². The van der Waals surface area contributed by atoms with Crippen molar-refractivity contribution < 1.29 is 4.79 Å². The third-order valence-corrected chi connectivity index (χ3v) is 5.49. The molecule has 0 bridgehead atoms. The fourth-order valence-electron chi connectivity index (χ4n) is 3.94. The van der Waals surface area contributed by atoms with Crippen molar-refractivity contribution in [1.82, 2.24) is 14.8 Å². The highest BCUT2D eigenvalue weighted by Gasteiger charge is 2.42. The molecule has 2 aromatic heterocycles. The average Bonchev–Trinajstić information content (AvgIpc) is 3.35. The summed E-state index contributed by atoms with van der Waals surface area (Å²) < 4.78 is 1.90. The van der Waals surface area contributed by atoms with Crippen molar-refractivity contribution >= 4 is 22.2 Å². The molecule has 0 saturated heterocycles. The van der Waals surface area contributed by atoms with Gasteiger partial charge in [0.15, 0.2) is 0 Å². The molecule has 6 nitrogen and oxygen atoms in total. The second-order valence-electron chi connectivity index (χ2n) is 7.90. The summed E-state index contributed by atoms with van der Waals surface area (Å²) in [6, 6.07) is 8.14. The molecule has 142 valence electrons. The van der Waals surface area contributed by atoms with E-state index in [0.29, 0.717) is 23.7 Å². The second kappa shape index (κ2) is 6.75. The van der Waals surface area contributed by atoms with Crippen molar-refractivity contribution in [3.63, 3.8) is 0 Å². The fraction of sp³-hybridized carbons (Fsp3) is 0.364.